The predicted octanol–water partition coefficient (Wildman–Crippen LogP) is 5.94. The van der Waals surface area contributed by atoms with E-state index in [1.54, 1.807) is 24.3 Å². The summed E-state index contributed by atoms with van der Waals surface area (Å²) in [6.45, 7) is 4.44. The minimum atomic E-state index is -0.335. The average Bonchev–Trinajstić information content (AvgIpc) is 2.75. The highest BCUT2D eigenvalue weighted by Crippen LogP contribution is 2.30. The number of hydrogen-bond donors (Lipinski definition) is 0. The fraction of sp³-hybridized carbons (Fsp3) is 0.667. The third-order valence-corrected chi connectivity index (χ3v) is 6.62. The summed E-state index contributed by atoms with van der Waals surface area (Å²) >= 11 is 0. The van der Waals surface area contributed by atoms with Crippen LogP contribution in [0.1, 0.15) is 98.8 Å². The molecule has 0 saturated heterocycles. The number of carbonyl (C=O) groups is 2. The van der Waals surface area contributed by atoms with Crippen LogP contribution in [0.4, 0.5) is 0 Å². The molecule has 0 radical (unpaired) electrons. The number of benzene rings is 1. The molecule has 0 atom stereocenters. The molecule has 1 aromatic rings. The van der Waals surface area contributed by atoms with Gasteiger partial charge in [-0.1, -0.05) is 32.8 Å². The molecular weight excluding hydrogens is 352 g/mol. The maximum absolute atomic E-state index is 12.5. The van der Waals surface area contributed by atoms with Gasteiger partial charge in [0.1, 0.15) is 12.2 Å². The number of esters is 2. The van der Waals surface area contributed by atoms with Crippen LogP contribution in [0.2, 0.25) is 0 Å². The van der Waals surface area contributed by atoms with Crippen LogP contribution in [0.15, 0.2) is 24.3 Å². The van der Waals surface area contributed by atoms with Crippen LogP contribution in [-0.4, -0.2) is 24.1 Å². The zero-order valence-corrected chi connectivity index (χ0v) is 17.3. The molecule has 0 spiro atoms. The van der Waals surface area contributed by atoms with Crippen LogP contribution in [0.25, 0.3) is 0 Å². The molecule has 2 aliphatic carbocycles. The van der Waals surface area contributed by atoms with Gasteiger partial charge < -0.3 is 9.47 Å². The van der Waals surface area contributed by atoms with E-state index in [0.29, 0.717) is 11.1 Å². The Morgan fingerprint density at radius 1 is 0.750 bits per heavy atom. The third-order valence-electron chi connectivity index (χ3n) is 6.62. The van der Waals surface area contributed by atoms with Crippen LogP contribution in [0.5, 0.6) is 0 Å². The van der Waals surface area contributed by atoms with E-state index in [9.17, 15) is 9.59 Å². The topological polar surface area (TPSA) is 52.6 Å². The first kappa shape index (κ1) is 20.9. The largest absolute Gasteiger partial charge is 0.459 e. The van der Waals surface area contributed by atoms with Gasteiger partial charge in [0, 0.05) is 0 Å². The Morgan fingerprint density at radius 2 is 1.14 bits per heavy atom. The molecule has 0 bridgehead atoms. The van der Waals surface area contributed by atoms with Crippen LogP contribution in [0.3, 0.4) is 0 Å². The van der Waals surface area contributed by atoms with Gasteiger partial charge in [0.15, 0.2) is 0 Å². The summed E-state index contributed by atoms with van der Waals surface area (Å²) in [5, 5.41) is 0. The van der Waals surface area contributed by atoms with Crippen molar-refractivity contribution < 1.29 is 19.1 Å². The average molecular weight is 387 g/mol. The van der Waals surface area contributed by atoms with E-state index in [1.807, 2.05) is 0 Å². The molecule has 3 rings (SSSR count). The molecule has 0 amide bonds. The van der Waals surface area contributed by atoms with Crippen molar-refractivity contribution in [2.24, 2.45) is 11.8 Å². The summed E-state index contributed by atoms with van der Waals surface area (Å²) in [6.07, 6.45) is 10.7. The van der Waals surface area contributed by atoms with Crippen molar-refractivity contribution >= 4 is 11.9 Å². The van der Waals surface area contributed by atoms with Crippen molar-refractivity contribution in [3.05, 3.63) is 35.4 Å². The molecule has 28 heavy (non-hydrogen) atoms. The first-order chi connectivity index (χ1) is 13.6. The molecule has 0 aliphatic heterocycles. The zero-order chi connectivity index (χ0) is 19.9. The Labute approximate surface area is 169 Å². The molecule has 154 valence electrons. The van der Waals surface area contributed by atoms with E-state index >= 15 is 0 Å². The van der Waals surface area contributed by atoms with E-state index in [4.69, 9.17) is 9.47 Å². The first-order valence-electron chi connectivity index (χ1n) is 11.1. The summed E-state index contributed by atoms with van der Waals surface area (Å²) in [4.78, 5) is 25.0. The summed E-state index contributed by atoms with van der Waals surface area (Å²) < 4.78 is 11.4. The first-order valence-corrected chi connectivity index (χ1v) is 11.1. The van der Waals surface area contributed by atoms with Crippen LogP contribution < -0.4 is 0 Å². The fourth-order valence-electron chi connectivity index (χ4n) is 4.53. The molecule has 0 unspecified atom stereocenters. The minimum absolute atomic E-state index is 0.000317. The van der Waals surface area contributed by atoms with Gasteiger partial charge in [-0.05, 0) is 81.4 Å². The normalized spacial score (nSPS) is 27.8. The highest BCUT2D eigenvalue weighted by atomic mass is 16.5. The standard InChI is InChI=1S/C24H34O4/c1-3-17-8-12-21(13-9-17)27-23(25)19-6-5-7-20(16-19)24(26)28-22-14-10-18(4-2)11-15-22/h5-7,16-18,21-22H,3-4,8-15H2,1-2H3. The number of ether oxygens (including phenoxy) is 2. The second-order valence-electron chi connectivity index (χ2n) is 8.49. The molecule has 4 heteroatoms. The van der Waals surface area contributed by atoms with Crippen molar-refractivity contribution in [3.63, 3.8) is 0 Å². The Kier molecular flexibility index (Phi) is 7.52. The lowest BCUT2D eigenvalue weighted by atomic mass is 9.86. The van der Waals surface area contributed by atoms with E-state index in [0.717, 1.165) is 63.2 Å². The molecule has 4 nitrogen and oxygen atoms in total. The van der Waals surface area contributed by atoms with Crippen LogP contribution >= 0.6 is 0 Å². The van der Waals surface area contributed by atoms with Gasteiger partial charge in [0.25, 0.3) is 0 Å². The molecule has 2 saturated carbocycles. The Morgan fingerprint density at radius 3 is 1.50 bits per heavy atom. The van der Waals surface area contributed by atoms with Crippen LogP contribution in [-0.2, 0) is 9.47 Å². The quantitative estimate of drug-likeness (QED) is 0.568. The number of hydrogen-bond acceptors (Lipinski definition) is 4. The molecule has 2 fully saturated rings. The summed E-state index contributed by atoms with van der Waals surface area (Å²) in [5.74, 6) is 0.858. The fourth-order valence-corrected chi connectivity index (χ4v) is 4.53. The Balaban J connectivity index is 1.53. The molecule has 1 aromatic carbocycles. The van der Waals surface area contributed by atoms with Gasteiger partial charge in [-0.3, -0.25) is 0 Å². The Bertz CT molecular complexity index is 599. The SMILES string of the molecule is CCC1CCC(OC(=O)c2cccc(C(=O)OC3CCC(CC)CC3)c2)CC1. The van der Waals surface area contributed by atoms with Crippen molar-refractivity contribution in [3.8, 4) is 0 Å². The molecule has 2 aliphatic rings. The minimum Gasteiger partial charge on any atom is -0.459 e. The monoisotopic (exact) mass is 386 g/mol. The van der Waals surface area contributed by atoms with Gasteiger partial charge in [0.05, 0.1) is 11.1 Å². The highest BCUT2D eigenvalue weighted by molar-refractivity contribution is 5.95. The van der Waals surface area contributed by atoms with Gasteiger partial charge in [-0.2, -0.15) is 0 Å². The van der Waals surface area contributed by atoms with Crippen LogP contribution in [0, 0.1) is 11.8 Å². The maximum Gasteiger partial charge on any atom is 0.338 e. The maximum atomic E-state index is 12.5. The zero-order valence-electron chi connectivity index (χ0n) is 17.3. The summed E-state index contributed by atoms with van der Waals surface area (Å²) in [6, 6.07) is 6.77. The van der Waals surface area contributed by atoms with E-state index in [2.05, 4.69) is 13.8 Å². The van der Waals surface area contributed by atoms with Crippen molar-refractivity contribution in [2.45, 2.75) is 90.3 Å². The van der Waals surface area contributed by atoms with E-state index in [1.165, 1.54) is 12.8 Å². The van der Waals surface area contributed by atoms with Crippen molar-refractivity contribution in [2.75, 3.05) is 0 Å². The van der Waals surface area contributed by atoms with Gasteiger partial charge in [0.2, 0.25) is 0 Å². The lowest BCUT2D eigenvalue weighted by Gasteiger charge is -2.28. The second-order valence-corrected chi connectivity index (χ2v) is 8.49. The lowest BCUT2D eigenvalue weighted by molar-refractivity contribution is 0.0162. The van der Waals surface area contributed by atoms with Gasteiger partial charge >= 0.3 is 11.9 Å². The van der Waals surface area contributed by atoms with Crippen molar-refractivity contribution in [1.82, 2.24) is 0 Å². The van der Waals surface area contributed by atoms with E-state index < -0.39 is 0 Å². The smallest absolute Gasteiger partial charge is 0.338 e. The van der Waals surface area contributed by atoms with Gasteiger partial charge in [-0.25, -0.2) is 9.59 Å². The number of rotatable bonds is 6. The lowest BCUT2D eigenvalue weighted by Crippen LogP contribution is -2.25. The molecule has 0 N–H and O–H groups in total. The Hall–Kier alpha value is -1.84. The summed E-state index contributed by atoms with van der Waals surface area (Å²) in [7, 11) is 0. The predicted molar refractivity (Wildman–Crippen MR) is 109 cm³/mol. The third kappa shape index (κ3) is 5.59. The highest BCUT2D eigenvalue weighted by Gasteiger charge is 2.25. The molecule has 0 heterocycles. The van der Waals surface area contributed by atoms with E-state index in [-0.39, 0.29) is 24.1 Å². The van der Waals surface area contributed by atoms with Crippen molar-refractivity contribution in [1.29, 1.82) is 0 Å². The number of carbonyl (C=O) groups excluding carboxylic acids is 2. The second kappa shape index (κ2) is 10.1. The molecular formula is C24H34O4. The molecule has 0 aromatic heterocycles. The van der Waals surface area contributed by atoms with Gasteiger partial charge in [-0.15, -0.1) is 0 Å². The summed E-state index contributed by atoms with van der Waals surface area (Å²) in [5.41, 5.74) is 0.864.